The fourth-order valence-electron chi connectivity index (χ4n) is 3.12. The van der Waals surface area contributed by atoms with Gasteiger partial charge in [0.05, 0.1) is 0 Å². The normalized spacial score (nSPS) is 25.9. The van der Waals surface area contributed by atoms with Crippen LogP contribution in [-0.4, -0.2) is 29.9 Å². The van der Waals surface area contributed by atoms with E-state index < -0.39 is 0 Å². The van der Waals surface area contributed by atoms with E-state index in [1.165, 1.54) is 0 Å². The SMILES string of the molecule is C[C@H]1CN(C(=O)C2CC2)CC[C@@H]1NCc1ccccc1Cl. The van der Waals surface area contributed by atoms with Gasteiger partial charge in [-0.25, -0.2) is 0 Å². The Morgan fingerprint density at radius 1 is 1.33 bits per heavy atom. The average molecular weight is 307 g/mol. The van der Waals surface area contributed by atoms with Crippen LogP contribution >= 0.6 is 11.6 Å². The number of benzene rings is 1. The van der Waals surface area contributed by atoms with Crippen LogP contribution in [0.25, 0.3) is 0 Å². The van der Waals surface area contributed by atoms with Crippen LogP contribution in [0.3, 0.4) is 0 Å². The van der Waals surface area contributed by atoms with E-state index in [-0.39, 0.29) is 0 Å². The molecule has 1 aliphatic heterocycles. The van der Waals surface area contributed by atoms with Gasteiger partial charge < -0.3 is 10.2 Å². The second-order valence-corrected chi connectivity index (χ2v) is 6.81. The van der Waals surface area contributed by atoms with Gasteiger partial charge in [-0.05, 0) is 36.8 Å². The van der Waals surface area contributed by atoms with Crippen LogP contribution in [0.1, 0.15) is 31.7 Å². The molecule has 1 saturated carbocycles. The molecule has 1 heterocycles. The zero-order chi connectivity index (χ0) is 14.8. The summed E-state index contributed by atoms with van der Waals surface area (Å²) in [7, 11) is 0. The molecule has 0 spiro atoms. The number of hydrogen-bond acceptors (Lipinski definition) is 2. The minimum atomic E-state index is 0.338. The molecule has 0 unspecified atom stereocenters. The standard InChI is InChI=1S/C17H23ClN2O/c1-12-11-20(17(21)13-6-7-13)9-8-16(12)19-10-14-4-2-3-5-15(14)18/h2-5,12-13,16,19H,6-11H2,1H3/t12-,16-/m0/s1. The maximum Gasteiger partial charge on any atom is 0.225 e. The first kappa shape index (κ1) is 14.9. The molecule has 0 aromatic heterocycles. The smallest absolute Gasteiger partial charge is 0.225 e. The van der Waals surface area contributed by atoms with Crippen molar-refractivity contribution in [2.75, 3.05) is 13.1 Å². The molecule has 4 heteroatoms. The molecule has 3 nitrogen and oxygen atoms in total. The number of rotatable bonds is 4. The van der Waals surface area contributed by atoms with Crippen molar-refractivity contribution in [3.8, 4) is 0 Å². The van der Waals surface area contributed by atoms with E-state index in [2.05, 4.69) is 23.2 Å². The van der Waals surface area contributed by atoms with Crippen LogP contribution in [0.5, 0.6) is 0 Å². The summed E-state index contributed by atoms with van der Waals surface area (Å²) >= 11 is 6.19. The molecule has 21 heavy (non-hydrogen) atoms. The van der Waals surface area contributed by atoms with Crippen molar-refractivity contribution < 1.29 is 4.79 Å². The van der Waals surface area contributed by atoms with Gasteiger partial charge in [0.1, 0.15) is 0 Å². The second kappa shape index (κ2) is 6.37. The number of nitrogens with zero attached hydrogens (tertiary/aromatic N) is 1. The summed E-state index contributed by atoms with van der Waals surface area (Å²) in [6.45, 7) is 4.80. The van der Waals surface area contributed by atoms with E-state index in [1.807, 2.05) is 18.2 Å². The molecular weight excluding hydrogens is 284 g/mol. The van der Waals surface area contributed by atoms with E-state index >= 15 is 0 Å². The molecule has 1 aliphatic carbocycles. The summed E-state index contributed by atoms with van der Waals surface area (Å²) in [6, 6.07) is 8.43. The lowest BCUT2D eigenvalue weighted by molar-refractivity contribution is -0.134. The molecule has 114 valence electrons. The number of piperidine rings is 1. The van der Waals surface area contributed by atoms with Gasteiger partial charge in [0, 0.05) is 36.6 Å². The minimum Gasteiger partial charge on any atom is -0.342 e. The average Bonchev–Trinajstić information content (AvgIpc) is 3.31. The maximum atomic E-state index is 12.1. The van der Waals surface area contributed by atoms with Gasteiger partial charge in [-0.3, -0.25) is 4.79 Å². The first-order chi connectivity index (χ1) is 10.1. The Morgan fingerprint density at radius 2 is 2.10 bits per heavy atom. The molecule has 2 atom stereocenters. The summed E-state index contributed by atoms with van der Waals surface area (Å²) in [5, 5.41) is 4.43. The van der Waals surface area contributed by atoms with Crippen LogP contribution in [0.4, 0.5) is 0 Å². The van der Waals surface area contributed by atoms with Crippen molar-refractivity contribution in [3.05, 3.63) is 34.9 Å². The molecule has 0 radical (unpaired) electrons. The van der Waals surface area contributed by atoms with Crippen LogP contribution in [0.15, 0.2) is 24.3 Å². The highest BCUT2D eigenvalue weighted by Gasteiger charge is 2.36. The number of likely N-dealkylation sites (tertiary alicyclic amines) is 1. The van der Waals surface area contributed by atoms with Gasteiger partial charge in [-0.15, -0.1) is 0 Å². The lowest BCUT2D eigenvalue weighted by Gasteiger charge is -2.37. The highest BCUT2D eigenvalue weighted by atomic mass is 35.5. The first-order valence-electron chi connectivity index (χ1n) is 7.90. The van der Waals surface area contributed by atoms with Gasteiger partial charge in [0.15, 0.2) is 0 Å². The fourth-order valence-corrected chi connectivity index (χ4v) is 3.32. The number of halogens is 1. The molecule has 1 aromatic rings. The predicted molar refractivity (Wildman–Crippen MR) is 85.2 cm³/mol. The lowest BCUT2D eigenvalue weighted by Crippen LogP contribution is -2.50. The summed E-state index contributed by atoms with van der Waals surface area (Å²) in [5.41, 5.74) is 1.14. The summed E-state index contributed by atoms with van der Waals surface area (Å²) in [4.78, 5) is 14.2. The molecule has 1 amide bonds. The number of carbonyl (C=O) groups excluding carboxylic acids is 1. The van der Waals surface area contributed by atoms with Gasteiger partial charge in [-0.2, -0.15) is 0 Å². The largest absolute Gasteiger partial charge is 0.342 e. The highest BCUT2D eigenvalue weighted by molar-refractivity contribution is 6.31. The lowest BCUT2D eigenvalue weighted by atomic mass is 9.93. The van der Waals surface area contributed by atoms with Gasteiger partial charge in [0.25, 0.3) is 0 Å². The van der Waals surface area contributed by atoms with Crippen LogP contribution in [-0.2, 0) is 11.3 Å². The van der Waals surface area contributed by atoms with Crippen LogP contribution in [0.2, 0.25) is 5.02 Å². The summed E-state index contributed by atoms with van der Waals surface area (Å²) < 4.78 is 0. The monoisotopic (exact) mass is 306 g/mol. The molecule has 3 rings (SSSR count). The van der Waals surface area contributed by atoms with Crippen LogP contribution < -0.4 is 5.32 Å². The third-order valence-corrected chi connectivity index (χ3v) is 5.02. The van der Waals surface area contributed by atoms with E-state index in [0.717, 1.165) is 49.5 Å². The van der Waals surface area contributed by atoms with Crippen molar-refractivity contribution in [2.24, 2.45) is 11.8 Å². The number of amides is 1. The summed E-state index contributed by atoms with van der Waals surface area (Å²) in [6.07, 6.45) is 3.22. The number of hydrogen-bond donors (Lipinski definition) is 1. The Labute approximate surface area is 131 Å². The fraction of sp³-hybridized carbons (Fsp3) is 0.588. The van der Waals surface area contributed by atoms with Gasteiger partial charge >= 0.3 is 0 Å². The first-order valence-corrected chi connectivity index (χ1v) is 8.28. The van der Waals surface area contributed by atoms with Crippen molar-refractivity contribution in [1.29, 1.82) is 0 Å². The highest BCUT2D eigenvalue weighted by Crippen LogP contribution is 2.32. The topological polar surface area (TPSA) is 32.3 Å². The Kier molecular flexibility index (Phi) is 4.51. The molecule has 1 N–H and O–H groups in total. The third-order valence-electron chi connectivity index (χ3n) is 4.66. The predicted octanol–water partition coefficient (Wildman–Crippen LogP) is 3.08. The quantitative estimate of drug-likeness (QED) is 0.927. The van der Waals surface area contributed by atoms with E-state index in [0.29, 0.717) is 23.8 Å². The van der Waals surface area contributed by atoms with Crippen molar-refractivity contribution in [1.82, 2.24) is 10.2 Å². The van der Waals surface area contributed by atoms with Crippen molar-refractivity contribution >= 4 is 17.5 Å². The van der Waals surface area contributed by atoms with E-state index in [4.69, 9.17) is 11.6 Å². The Hall–Kier alpha value is -1.06. The number of nitrogens with one attached hydrogen (secondary N) is 1. The molecule has 2 fully saturated rings. The molecule has 2 aliphatic rings. The van der Waals surface area contributed by atoms with E-state index in [1.54, 1.807) is 0 Å². The zero-order valence-electron chi connectivity index (χ0n) is 12.5. The van der Waals surface area contributed by atoms with Gasteiger partial charge in [-0.1, -0.05) is 36.7 Å². The molecule has 0 bridgehead atoms. The maximum absolute atomic E-state index is 12.1. The second-order valence-electron chi connectivity index (χ2n) is 6.40. The van der Waals surface area contributed by atoms with E-state index in [9.17, 15) is 4.79 Å². The molecule has 1 aromatic carbocycles. The third kappa shape index (κ3) is 3.58. The van der Waals surface area contributed by atoms with Crippen molar-refractivity contribution in [2.45, 2.75) is 38.8 Å². The van der Waals surface area contributed by atoms with Gasteiger partial charge in [0.2, 0.25) is 5.91 Å². The Morgan fingerprint density at radius 3 is 2.76 bits per heavy atom. The Balaban J connectivity index is 1.51. The van der Waals surface area contributed by atoms with Crippen molar-refractivity contribution in [3.63, 3.8) is 0 Å². The number of carbonyl (C=O) groups is 1. The zero-order valence-corrected chi connectivity index (χ0v) is 13.3. The Bertz CT molecular complexity index is 515. The van der Waals surface area contributed by atoms with Crippen LogP contribution in [0, 0.1) is 11.8 Å². The molecular formula is C17H23ClN2O. The molecule has 1 saturated heterocycles. The summed E-state index contributed by atoms with van der Waals surface area (Å²) in [5.74, 6) is 1.21. The minimum absolute atomic E-state index is 0.338.